The fourth-order valence-corrected chi connectivity index (χ4v) is 13.5. The van der Waals surface area contributed by atoms with Crippen molar-refractivity contribution >= 4 is 0 Å². The Morgan fingerprint density at radius 3 is 1.12 bits per heavy atom. The molecule has 8 aliphatic heterocycles. The van der Waals surface area contributed by atoms with Gasteiger partial charge in [0.25, 0.3) is 0 Å². The van der Waals surface area contributed by atoms with E-state index in [0.29, 0.717) is 57.4 Å². The van der Waals surface area contributed by atoms with E-state index in [2.05, 4.69) is 225 Å². The lowest BCUT2D eigenvalue weighted by Crippen LogP contribution is -2.59. The fraction of sp³-hybridized carbons (Fsp3) is 1.00. The summed E-state index contributed by atoms with van der Waals surface area (Å²) >= 11 is 0. The molecule has 0 N–H and O–H groups in total. The number of fused-ring (bicyclic) bond motifs is 2. The highest BCUT2D eigenvalue weighted by Crippen LogP contribution is 2.28. The van der Waals surface area contributed by atoms with Crippen molar-refractivity contribution in [3.05, 3.63) is 0 Å². The van der Waals surface area contributed by atoms with Crippen molar-refractivity contribution in [3.63, 3.8) is 0 Å². The second-order valence-electron chi connectivity index (χ2n) is 32.5. The molecule has 1 aliphatic carbocycles. The molecule has 0 spiro atoms. The van der Waals surface area contributed by atoms with Crippen LogP contribution < -0.4 is 0 Å². The summed E-state index contributed by atoms with van der Waals surface area (Å²) in [6.07, 6.45) is 8.66. The lowest BCUT2D eigenvalue weighted by atomic mass is 9.91. The summed E-state index contributed by atoms with van der Waals surface area (Å²) in [5.74, 6) is 0. The first-order valence-electron chi connectivity index (χ1n) is 33.4. The minimum Gasteiger partial charge on any atom is -0.378 e. The van der Waals surface area contributed by atoms with E-state index >= 15 is 0 Å². The average Bonchev–Trinajstić information content (AvgIpc) is 3.36. The Bertz CT molecular complexity index is 1630. The van der Waals surface area contributed by atoms with Gasteiger partial charge in [-0.3, -0.25) is 53.9 Å². The van der Waals surface area contributed by atoms with E-state index in [4.69, 9.17) is 4.74 Å². The molecule has 3 atom stereocenters. The summed E-state index contributed by atoms with van der Waals surface area (Å²) < 4.78 is 5.42. The molecule has 13 heteroatoms. The highest BCUT2D eigenvalue weighted by molar-refractivity contribution is 4.92. The molecule has 13 nitrogen and oxygen atoms in total. The summed E-state index contributed by atoms with van der Waals surface area (Å²) in [5, 5.41) is 0. The molecule has 0 aromatic carbocycles. The van der Waals surface area contributed by atoms with Crippen LogP contribution in [0.2, 0.25) is 0 Å². The Kier molecular flexibility index (Phi) is 28.7. The predicted octanol–water partition coefficient (Wildman–Crippen LogP) is 9.75. The molecule has 8 heterocycles. The molecule has 9 aliphatic rings. The normalized spacial score (nSPS) is 27.6. The highest BCUT2D eigenvalue weighted by Gasteiger charge is 2.36. The Hall–Kier alpha value is -0.520. The van der Waals surface area contributed by atoms with Gasteiger partial charge in [-0.25, -0.2) is 0 Å². The van der Waals surface area contributed by atoms with Crippen LogP contribution in [0.15, 0.2) is 0 Å². The molecule has 1 saturated carbocycles. The maximum atomic E-state index is 5.42. The second-order valence-corrected chi connectivity index (χ2v) is 32.5. The van der Waals surface area contributed by atoms with Crippen LogP contribution in [-0.2, 0) is 4.74 Å². The van der Waals surface area contributed by atoms with Gasteiger partial charge in [-0.1, -0.05) is 12.8 Å². The van der Waals surface area contributed by atoms with E-state index < -0.39 is 0 Å². The van der Waals surface area contributed by atoms with Crippen LogP contribution in [-0.4, -0.2) is 299 Å². The van der Waals surface area contributed by atoms with Gasteiger partial charge >= 0.3 is 0 Å². The maximum Gasteiger partial charge on any atom is 0.0634 e. The standard InChI is InChI=1S/2C12H24N2.2C12H26N2.C11H24N2.C8H16N2O/c1-12(2,3)14-9-7-13(8-10-14)11-5-4-6-11;1-12(2,3)14-9-8-13-7-5-4-6-11(13)10-14;1-11(2,3)13-7-9-14(10-8-13)12(4,5)6;1-10(2)14-8-7-13(9-11(14)3)12(4,5)6;1-10(2)12-6-8-13(9-7-12)11(3,4)5;1-9-2-3-10-4-5-11-7-8(10)6-9/h2*11H,4-10H2,1-3H3;7-10H2,1-6H3;10-11H,7-9H2,1-6H3;10H,6-9H2,1-5H3;8H,2-7H2,1H3. The number of piperidine rings is 1. The van der Waals surface area contributed by atoms with Gasteiger partial charge in [-0.2, -0.15) is 0 Å². The summed E-state index contributed by atoms with van der Waals surface area (Å²) in [5.41, 5.74) is 2.09. The Morgan fingerprint density at radius 2 is 0.713 bits per heavy atom. The zero-order valence-electron chi connectivity index (χ0n) is 58.2. The van der Waals surface area contributed by atoms with Crippen molar-refractivity contribution in [2.75, 3.05) is 171 Å². The first-order chi connectivity index (χ1) is 36.9. The van der Waals surface area contributed by atoms with E-state index in [1.165, 1.54) is 183 Å². The van der Waals surface area contributed by atoms with Gasteiger partial charge in [0, 0.05) is 213 Å². The molecule has 0 aromatic heterocycles. The third-order valence-corrected chi connectivity index (χ3v) is 19.7. The molecule has 0 aromatic rings. The molecule has 0 bridgehead atoms. The van der Waals surface area contributed by atoms with Crippen LogP contribution in [0.25, 0.3) is 0 Å². The molecule has 8 saturated heterocycles. The molecular formula is C67H140N12O. The van der Waals surface area contributed by atoms with E-state index in [9.17, 15) is 0 Å². The van der Waals surface area contributed by atoms with Crippen LogP contribution in [0.3, 0.4) is 0 Å². The van der Waals surface area contributed by atoms with Crippen molar-refractivity contribution in [1.82, 2.24) is 58.8 Å². The van der Waals surface area contributed by atoms with Gasteiger partial charge in [0.1, 0.15) is 0 Å². The number of hydrogen-bond donors (Lipinski definition) is 0. The van der Waals surface area contributed by atoms with Gasteiger partial charge in [0.05, 0.1) is 13.2 Å². The molecule has 0 amide bonds. The molecule has 9 rings (SSSR count). The minimum atomic E-state index is 0.331. The Labute approximate surface area is 499 Å². The smallest absolute Gasteiger partial charge is 0.0634 e. The summed E-state index contributed by atoms with van der Waals surface area (Å²) in [6.45, 7) is 83.5. The third kappa shape index (κ3) is 24.3. The molecule has 9 fully saturated rings. The van der Waals surface area contributed by atoms with Crippen molar-refractivity contribution in [3.8, 4) is 0 Å². The lowest BCUT2D eigenvalue weighted by molar-refractivity contribution is -0.0397. The van der Waals surface area contributed by atoms with Crippen molar-refractivity contribution < 1.29 is 4.74 Å². The Morgan fingerprint density at radius 1 is 0.338 bits per heavy atom. The van der Waals surface area contributed by atoms with E-state index in [1.54, 1.807) is 0 Å². The lowest BCUT2D eigenvalue weighted by Gasteiger charge is -2.48. The first-order valence-corrected chi connectivity index (χ1v) is 33.4. The quantitative estimate of drug-likeness (QED) is 0.270. The number of ether oxygens (including phenoxy) is 1. The van der Waals surface area contributed by atoms with E-state index in [-0.39, 0.29) is 0 Å². The van der Waals surface area contributed by atoms with Crippen LogP contribution in [0.5, 0.6) is 0 Å². The van der Waals surface area contributed by atoms with Crippen molar-refractivity contribution in [2.45, 2.75) is 267 Å². The number of likely N-dealkylation sites (N-methyl/N-ethyl adjacent to an activating group) is 1. The largest absolute Gasteiger partial charge is 0.378 e. The van der Waals surface area contributed by atoms with Gasteiger partial charge < -0.3 is 9.64 Å². The highest BCUT2D eigenvalue weighted by atomic mass is 16.5. The number of nitrogens with zero attached hydrogens (tertiary/aromatic N) is 12. The van der Waals surface area contributed by atoms with Gasteiger partial charge in [0.15, 0.2) is 0 Å². The van der Waals surface area contributed by atoms with Gasteiger partial charge in [-0.15, -0.1) is 0 Å². The number of piperazine rings is 6. The van der Waals surface area contributed by atoms with E-state index in [1.807, 2.05) is 0 Å². The van der Waals surface area contributed by atoms with Crippen molar-refractivity contribution in [1.29, 1.82) is 0 Å². The SMILES string of the molecule is CC(C)(C)N1CCN(C(C)(C)C)CC1.CC(C)(C)N1CCN(C2CCC2)CC1.CC(C)(C)N1CCN2CCCCC2C1.CC(C)N1CCN(C(C)(C)C)CC1.CC(C)N1CCN(C(C)(C)C)CC1C.CN1CCN2CCOCC2C1. The first kappa shape index (κ1) is 72.0. The van der Waals surface area contributed by atoms with Crippen molar-refractivity contribution in [2.24, 2.45) is 0 Å². The van der Waals surface area contributed by atoms with Gasteiger partial charge in [0.2, 0.25) is 0 Å². The number of morpholine rings is 1. The zero-order valence-corrected chi connectivity index (χ0v) is 58.2. The zero-order chi connectivity index (χ0) is 60.0. The molecule has 3 unspecified atom stereocenters. The third-order valence-electron chi connectivity index (χ3n) is 19.7. The topological polar surface area (TPSA) is 48.1 Å². The molecule has 80 heavy (non-hydrogen) atoms. The molecular weight excluding hydrogens is 989 g/mol. The van der Waals surface area contributed by atoms with Crippen LogP contribution in [0, 0.1) is 0 Å². The monoisotopic (exact) mass is 1130 g/mol. The maximum absolute atomic E-state index is 5.42. The number of rotatable bonds is 3. The predicted molar refractivity (Wildman–Crippen MR) is 348 cm³/mol. The summed E-state index contributed by atoms with van der Waals surface area (Å²) in [4.78, 5) is 31.1. The second kappa shape index (κ2) is 31.9. The Balaban J connectivity index is 0.000000207. The van der Waals surface area contributed by atoms with Gasteiger partial charge in [-0.05, 0) is 199 Å². The minimum absolute atomic E-state index is 0.331. The fourth-order valence-electron chi connectivity index (χ4n) is 13.5. The number of hydrogen-bond acceptors (Lipinski definition) is 13. The summed E-state index contributed by atoms with van der Waals surface area (Å²) in [6, 6.07) is 4.56. The molecule has 0 radical (unpaired) electrons. The summed E-state index contributed by atoms with van der Waals surface area (Å²) in [7, 11) is 2.19. The van der Waals surface area contributed by atoms with E-state index in [0.717, 1.165) is 31.8 Å². The molecule has 474 valence electrons. The van der Waals surface area contributed by atoms with Crippen LogP contribution in [0.4, 0.5) is 0 Å². The van der Waals surface area contributed by atoms with Crippen LogP contribution in [0.1, 0.15) is 198 Å². The average molecular weight is 1130 g/mol. The van der Waals surface area contributed by atoms with Crippen LogP contribution >= 0.6 is 0 Å².